The molecule has 1 aliphatic rings. The summed E-state index contributed by atoms with van der Waals surface area (Å²) in [5, 5.41) is 2.74. The number of nitrogens with zero attached hydrogens (tertiary/aromatic N) is 1. The number of nitrogens with one attached hydrogen (secondary N) is 1. The highest BCUT2D eigenvalue weighted by Crippen LogP contribution is 2.18. The molecular formula is C7H5IN2O. The smallest absolute Gasteiger partial charge is 0.252 e. The molecule has 1 aromatic rings. The molecule has 0 saturated heterocycles. The fourth-order valence-electron chi connectivity index (χ4n) is 1.11. The van der Waals surface area contributed by atoms with Gasteiger partial charge in [-0.05, 0) is 28.7 Å². The van der Waals surface area contributed by atoms with Crippen molar-refractivity contribution >= 4 is 28.5 Å². The molecule has 0 bridgehead atoms. The van der Waals surface area contributed by atoms with Gasteiger partial charge in [-0.3, -0.25) is 4.79 Å². The predicted molar refractivity (Wildman–Crippen MR) is 48.1 cm³/mol. The maximum absolute atomic E-state index is 11.1. The summed E-state index contributed by atoms with van der Waals surface area (Å²) < 4.78 is 0.915. The third kappa shape index (κ3) is 1.01. The van der Waals surface area contributed by atoms with Gasteiger partial charge in [0.1, 0.15) is 3.70 Å². The van der Waals surface area contributed by atoms with Crippen molar-refractivity contribution in [2.45, 2.75) is 6.54 Å². The van der Waals surface area contributed by atoms with Gasteiger partial charge >= 0.3 is 0 Å². The van der Waals surface area contributed by atoms with Crippen molar-refractivity contribution in [1.82, 2.24) is 10.3 Å². The molecule has 1 amide bonds. The summed E-state index contributed by atoms with van der Waals surface area (Å²) in [6, 6.07) is 1.75. The minimum absolute atomic E-state index is 0.0142. The van der Waals surface area contributed by atoms with E-state index in [4.69, 9.17) is 0 Å². The zero-order valence-electron chi connectivity index (χ0n) is 5.60. The van der Waals surface area contributed by atoms with Gasteiger partial charge in [0.2, 0.25) is 0 Å². The molecule has 0 atom stereocenters. The van der Waals surface area contributed by atoms with Gasteiger partial charge in [-0.1, -0.05) is 0 Å². The minimum Gasteiger partial charge on any atom is -0.348 e. The molecule has 0 saturated carbocycles. The van der Waals surface area contributed by atoms with Gasteiger partial charge in [-0.25, -0.2) is 4.98 Å². The molecule has 2 rings (SSSR count). The van der Waals surface area contributed by atoms with Crippen molar-refractivity contribution in [3.05, 3.63) is 27.1 Å². The van der Waals surface area contributed by atoms with E-state index in [9.17, 15) is 4.79 Å². The Hall–Kier alpha value is -0.650. The molecule has 0 aliphatic carbocycles. The fourth-order valence-corrected chi connectivity index (χ4v) is 1.75. The molecular weight excluding hydrogens is 255 g/mol. The number of rotatable bonds is 0. The van der Waals surface area contributed by atoms with Crippen LogP contribution in [0.3, 0.4) is 0 Å². The number of halogens is 1. The van der Waals surface area contributed by atoms with Crippen LogP contribution in [0.1, 0.15) is 15.9 Å². The number of amides is 1. The third-order valence-corrected chi connectivity index (χ3v) is 2.60. The Morgan fingerprint density at radius 1 is 1.64 bits per heavy atom. The maximum Gasteiger partial charge on any atom is 0.252 e. The van der Waals surface area contributed by atoms with E-state index in [1.165, 1.54) is 0 Å². The number of hydrogen-bond acceptors (Lipinski definition) is 2. The predicted octanol–water partition coefficient (Wildman–Crippen LogP) is 0.930. The van der Waals surface area contributed by atoms with Gasteiger partial charge in [-0.15, -0.1) is 0 Å². The highest BCUT2D eigenvalue weighted by atomic mass is 127. The Morgan fingerprint density at radius 2 is 2.45 bits per heavy atom. The molecule has 4 heteroatoms. The maximum atomic E-state index is 11.1. The van der Waals surface area contributed by atoms with E-state index >= 15 is 0 Å². The first-order valence-electron chi connectivity index (χ1n) is 3.20. The van der Waals surface area contributed by atoms with E-state index < -0.39 is 0 Å². The van der Waals surface area contributed by atoms with Crippen LogP contribution in [0.5, 0.6) is 0 Å². The van der Waals surface area contributed by atoms with Crippen molar-refractivity contribution in [2.24, 2.45) is 0 Å². The van der Waals surface area contributed by atoms with Crippen LogP contribution in [0.2, 0.25) is 0 Å². The second kappa shape index (κ2) is 2.44. The van der Waals surface area contributed by atoms with Crippen LogP contribution in [0, 0.1) is 3.70 Å². The van der Waals surface area contributed by atoms with E-state index in [0.717, 1.165) is 14.8 Å². The summed E-state index contributed by atoms with van der Waals surface area (Å²) in [6.45, 7) is 0.625. The van der Waals surface area contributed by atoms with Crippen molar-refractivity contribution in [3.8, 4) is 0 Å². The number of pyridine rings is 1. The Balaban J connectivity index is 2.66. The van der Waals surface area contributed by atoms with Crippen molar-refractivity contribution in [3.63, 3.8) is 0 Å². The van der Waals surface area contributed by atoms with Gasteiger partial charge in [0, 0.05) is 23.9 Å². The van der Waals surface area contributed by atoms with Gasteiger partial charge in [0.25, 0.3) is 5.91 Å². The standard InChI is InChI=1S/C7H5IN2O/c8-6-5-3-10-7(11)4(5)1-2-9-6/h1-2H,3H2,(H,10,11). The number of hydrogen-bond donors (Lipinski definition) is 1. The molecule has 56 valence electrons. The summed E-state index contributed by atoms with van der Waals surface area (Å²) in [6.07, 6.45) is 1.66. The molecule has 1 aliphatic heterocycles. The van der Waals surface area contributed by atoms with E-state index in [1.807, 2.05) is 0 Å². The Kier molecular flexibility index (Phi) is 1.56. The number of aromatic nitrogens is 1. The molecule has 2 heterocycles. The van der Waals surface area contributed by atoms with Crippen LogP contribution in [0.25, 0.3) is 0 Å². The quantitative estimate of drug-likeness (QED) is 0.557. The van der Waals surface area contributed by atoms with Crippen LogP contribution in [0.4, 0.5) is 0 Å². The summed E-state index contributed by atoms with van der Waals surface area (Å²) in [4.78, 5) is 15.2. The average Bonchev–Trinajstić information content (AvgIpc) is 2.35. The first-order chi connectivity index (χ1) is 5.29. The highest BCUT2D eigenvalue weighted by molar-refractivity contribution is 14.1. The zero-order valence-corrected chi connectivity index (χ0v) is 7.75. The lowest BCUT2D eigenvalue weighted by Crippen LogP contribution is -2.12. The molecule has 1 aromatic heterocycles. The average molecular weight is 260 g/mol. The Bertz CT molecular complexity index is 324. The molecule has 0 aromatic carbocycles. The van der Waals surface area contributed by atoms with Crippen LogP contribution in [-0.4, -0.2) is 10.9 Å². The molecule has 0 radical (unpaired) electrons. The number of fused-ring (bicyclic) bond motifs is 1. The molecule has 1 N–H and O–H groups in total. The van der Waals surface area contributed by atoms with Crippen LogP contribution in [-0.2, 0) is 6.54 Å². The largest absolute Gasteiger partial charge is 0.348 e. The molecule has 0 spiro atoms. The molecule has 0 fully saturated rings. The van der Waals surface area contributed by atoms with E-state index in [-0.39, 0.29) is 5.91 Å². The van der Waals surface area contributed by atoms with E-state index in [1.54, 1.807) is 12.3 Å². The lowest BCUT2D eigenvalue weighted by molar-refractivity contribution is 0.0966. The zero-order chi connectivity index (χ0) is 7.84. The lowest BCUT2D eigenvalue weighted by atomic mass is 10.2. The van der Waals surface area contributed by atoms with Crippen molar-refractivity contribution in [2.75, 3.05) is 0 Å². The van der Waals surface area contributed by atoms with E-state index in [2.05, 4.69) is 32.9 Å². The van der Waals surface area contributed by atoms with Crippen LogP contribution >= 0.6 is 22.6 Å². The highest BCUT2D eigenvalue weighted by Gasteiger charge is 2.20. The van der Waals surface area contributed by atoms with Crippen molar-refractivity contribution < 1.29 is 4.79 Å². The minimum atomic E-state index is 0.0142. The van der Waals surface area contributed by atoms with Gasteiger partial charge in [0.15, 0.2) is 0 Å². The van der Waals surface area contributed by atoms with Gasteiger partial charge in [-0.2, -0.15) is 0 Å². The molecule has 11 heavy (non-hydrogen) atoms. The number of carbonyl (C=O) groups excluding carboxylic acids is 1. The Morgan fingerprint density at radius 3 is 3.18 bits per heavy atom. The summed E-state index contributed by atoms with van der Waals surface area (Å²) in [7, 11) is 0. The Labute approximate surface area is 77.3 Å². The first kappa shape index (κ1) is 7.02. The third-order valence-electron chi connectivity index (χ3n) is 1.67. The second-order valence-corrected chi connectivity index (χ2v) is 3.33. The van der Waals surface area contributed by atoms with Gasteiger partial charge in [0.05, 0.1) is 0 Å². The SMILES string of the molecule is O=C1NCc2c1ccnc2I. The van der Waals surface area contributed by atoms with Gasteiger partial charge < -0.3 is 5.32 Å². The monoisotopic (exact) mass is 260 g/mol. The molecule has 0 unspecified atom stereocenters. The summed E-state index contributed by atoms with van der Waals surface area (Å²) >= 11 is 2.13. The van der Waals surface area contributed by atoms with Crippen LogP contribution in [0.15, 0.2) is 12.3 Å². The van der Waals surface area contributed by atoms with Crippen molar-refractivity contribution in [1.29, 1.82) is 0 Å². The van der Waals surface area contributed by atoms with E-state index in [0.29, 0.717) is 6.54 Å². The summed E-state index contributed by atoms with van der Waals surface area (Å²) in [5.74, 6) is 0.0142. The summed E-state index contributed by atoms with van der Waals surface area (Å²) in [5.41, 5.74) is 1.79. The topological polar surface area (TPSA) is 42.0 Å². The normalized spacial score (nSPS) is 14.5. The second-order valence-electron chi connectivity index (χ2n) is 2.31. The number of carbonyl (C=O) groups is 1. The lowest BCUT2D eigenvalue weighted by Gasteiger charge is -1.95. The fraction of sp³-hybridized carbons (Fsp3) is 0.143. The molecule has 3 nitrogen and oxygen atoms in total. The van der Waals surface area contributed by atoms with Crippen LogP contribution < -0.4 is 5.32 Å². The first-order valence-corrected chi connectivity index (χ1v) is 4.28.